The van der Waals surface area contributed by atoms with E-state index in [-0.39, 0.29) is 19.6 Å². The lowest BCUT2D eigenvalue weighted by Crippen LogP contribution is -2.48. The van der Waals surface area contributed by atoms with Crippen LogP contribution in [0.25, 0.3) is 0 Å². The maximum absolute atomic E-state index is 10.1. The molecule has 2 aliphatic rings. The smallest absolute Gasteiger partial charge is 0.202 e. The zero-order valence-electron chi connectivity index (χ0n) is 10.7. The Bertz CT molecular complexity index is 447. The predicted molar refractivity (Wildman–Crippen MR) is 67.9 cm³/mol. The second-order valence-electron chi connectivity index (χ2n) is 4.86. The van der Waals surface area contributed by atoms with E-state index in [1.165, 1.54) is 0 Å². The molecule has 2 rings (SSSR count). The Morgan fingerprint density at radius 3 is 2.84 bits per heavy atom. The molecule has 0 bridgehead atoms. The summed E-state index contributed by atoms with van der Waals surface area (Å²) in [5.74, 6) is 1.10. The lowest BCUT2D eigenvalue weighted by molar-refractivity contribution is -0.259. The molecule has 0 radical (unpaired) electrons. The number of allylic oxidation sites excluding steroid dienone is 2. The van der Waals surface area contributed by atoms with Crippen LogP contribution in [-0.4, -0.2) is 52.6 Å². The average Bonchev–Trinajstić information content (AvgIpc) is 2.65. The molecule has 104 valence electrons. The van der Waals surface area contributed by atoms with Gasteiger partial charge in [0.15, 0.2) is 0 Å². The highest BCUT2D eigenvalue weighted by Crippen LogP contribution is 2.41. The highest BCUT2D eigenvalue weighted by Gasteiger charge is 2.56. The fourth-order valence-corrected chi connectivity index (χ4v) is 2.41. The minimum Gasteiger partial charge on any atom is -0.394 e. The predicted octanol–water partition coefficient (Wildman–Crippen LogP) is -0.278. The summed E-state index contributed by atoms with van der Waals surface area (Å²) in [6, 6.07) is 0. The van der Waals surface area contributed by atoms with Gasteiger partial charge in [0.1, 0.15) is 18.3 Å². The van der Waals surface area contributed by atoms with Gasteiger partial charge in [-0.2, -0.15) is 0 Å². The van der Waals surface area contributed by atoms with Gasteiger partial charge in [-0.3, -0.25) is 0 Å². The summed E-state index contributed by atoms with van der Waals surface area (Å²) in [6.45, 7) is 1.82. The van der Waals surface area contributed by atoms with Crippen LogP contribution < -0.4 is 0 Å². The van der Waals surface area contributed by atoms with E-state index in [0.717, 1.165) is 11.1 Å². The van der Waals surface area contributed by atoms with Crippen LogP contribution in [0.1, 0.15) is 13.3 Å². The van der Waals surface area contributed by atoms with Crippen molar-refractivity contribution >= 4 is 0 Å². The fourth-order valence-electron chi connectivity index (χ4n) is 2.41. The Morgan fingerprint density at radius 2 is 2.26 bits per heavy atom. The normalized spacial score (nSPS) is 39.2. The van der Waals surface area contributed by atoms with Gasteiger partial charge in [-0.15, -0.1) is 6.42 Å². The summed E-state index contributed by atoms with van der Waals surface area (Å²) in [5.41, 5.74) is 1.91. The van der Waals surface area contributed by atoms with Crippen molar-refractivity contribution in [1.29, 1.82) is 0 Å². The molecule has 1 fully saturated rings. The summed E-state index contributed by atoms with van der Waals surface area (Å²) in [4.78, 5) is 0. The molecule has 0 aromatic heterocycles. The number of aliphatic hydroxyl groups excluding tert-OH is 3. The van der Waals surface area contributed by atoms with E-state index in [1.54, 1.807) is 12.2 Å². The Balaban J connectivity index is 2.24. The van der Waals surface area contributed by atoms with Crippen LogP contribution in [0.15, 0.2) is 23.3 Å². The van der Waals surface area contributed by atoms with E-state index >= 15 is 0 Å². The molecule has 5 nitrogen and oxygen atoms in total. The highest BCUT2D eigenvalue weighted by molar-refractivity contribution is 5.32. The Morgan fingerprint density at radius 1 is 1.53 bits per heavy atom. The second kappa shape index (κ2) is 5.45. The first-order valence-corrected chi connectivity index (χ1v) is 6.14. The van der Waals surface area contributed by atoms with Crippen molar-refractivity contribution in [2.45, 2.75) is 37.4 Å². The summed E-state index contributed by atoms with van der Waals surface area (Å²) in [5, 5.41) is 29.1. The van der Waals surface area contributed by atoms with Crippen molar-refractivity contribution in [1.82, 2.24) is 0 Å². The highest BCUT2D eigenvalue weighted by atomic mass is 16.7. The van der Waals surface area contributed by atoms with Gasteiger partial charge < -0.3 is 24.8 Å². The van der Waals surface area contributed by atoms with Crippen molar-refractivity contribution < 1.29 is 24.8 Å². The average molecular weight is 266 g/mol. The first-order valence-electron chi connectivity index (χ1n) is 6.14. The van der Waals surface area contributed by atoms with Crippen LogP contribution in [0.4, 0.5) is 0 Å². The minimum absolute atomic E-state index is 0.283. The van der Waals surface area contributed by atoms with E-state index < -0.39 is 24.1 Å². The molecule has 0 amide bonds. The van der Waals surface area contributed by atoms with Crippen LogP contribution in [0, 0.1) is 12.3 Å². The van der Waals surface area contributed by atoms with Crippen molar-refractivity contribution in [3.8, 4) is 12.3 Å². The van der Waals surface area contributed by atoms with Crippen molar-refractivity contribution in [2.75, 3.05) is 13.2 Å². The quantitative estimate of drug-likeness (QED) is 0.599. The van der Waals surface area contributed by atoms with E-state index in [2.05, 4.69) is 5.92 Å². The molecule has 2 heterocycles. The molecule has 4 atom stereocenters. The number of hydrogen-bond donors (Lipinski definition) is 3. The molecule has 19 heavy (non-hydrogen) atoms. The first-order chi connectivity index (χ1) is 9.04. The SMILES string of the molecule is C#C/C=C\C1=C(C)CO[C@]2(C1)O[C@H](CO)[C@@H](O)[C@@H]2O. The minimum atomic E-state index is -1.30. The summed E-state index contributed by atoms with van der Waals surface area (Å²) in [6.07, 6.45) is 5.60. The zero-order chi connectivity index (χ0) is 14.0. The summed E-state index contributed by atoms with van der Waals surface area (Å²) in [7, 11) is 0. The molecule has 0 unspecified atom stereocenters. The molecule has 3 N–H and O–H groups in total. The zero-order valence-corrected chi connectivity index (χ0v) is 10.7. The van der Waals surface area contributed by atoms with Gasteiger partial charge in [0, 0.05) is 6.42 Å². The maximum Gasteiger partial charge on any atom is 0.202 e. The number of aliphatic hydroxyl groups is 3. The molecule has 1 spiro atoms. The fraction of sp³-hybridized carbons (Fsp3) is 0.571. The van der Waals surface area contributed by atoms with Gasteiger partial charge in [-0.05, 0) is 24.1 Å². The van der Waals surface area contributed by atoms with E-state index in [4.69, 9.17) is 21.0 Å². The third-order valence-corrected chi connectivity index (χ3v) is 3.58. The van der Waals surface area contributed by atoms with Gasteiger partial charge in [0.25, 0.3) is 0 Å². The number of ether oxygens (including phenoxy) is 2. The molecule has 0 saturated carbocycles. The van der Waals surface area contributed by atoms with Gasteiger partial charge in [-0.1, -0.05) is 12.0 Å². The Labute approximate surface area is 112 Å². The standard InChI is InChI=1S/C14H18O5/c1-3-4-5-10-6-14(18-8-9(10)2)13(17)12(16)11(7-15)19-14/h1,4-5,11-13,15-17H,6-8H2,2H3/b5-4-/t11-,12-,13+,14-/m1/s1. The second-order valence-corrected chi connectivity index (χ2v) is 4.86. The molecule has 1 saturated heterocycles. The number of hydrogen-bond acceptors (Lipinski definition) is 5. The third-order valence-electron chi connectivity index (χ3n) is 3.58. The molecule has 0 aromatic carbocycles. The monoisotopic (exact) mass is 266 g/mol. The van der Waals surface area contributed by atoms with Crippen molar-refractivity contribution in [3.05, 3.63) is 23.3 Å². The molecular formula is C14H18O5. The van der Waals surface area contributed by atoms with Gasteiger partial charge in [0.05, 0.1) is 13.2 Å². The van der Waals surface area contributed by atoms with Crippen LogP contribution in [0.5, 0.6) is 0 Å². The third kappa shape index (κ3) is 2.46. The van der Waals surface area contributed by atoms with E-state index in [1.807, 2.05) is 6.92 Å². The largest absolute Gasteiger partial charge is 0.394 e. The van der Waals surface area contributed by atoms with Crippen LogP contribution >= 0.6 is 0 Å². The number of rotatable bonds is 2. The van der Waals surface area contributed by atoms with Crippen molar-refractivity contribution in [2.24, 2.45) is 0 Å². The van der Waals surface area contributed by atoms with Crippen LogP contribution in [0.3, 0.4) is 0 Å². The molecule has 5 heteroatoms. The van der Waals surface area contributed by atoms with Crippen molar-refractivity contribution in [3.63, 3.8) is 0 Å². The Kier molecular flexibility index (Phi) is 4.09. The topological polar surface area (TPSA) is 79.2 Å². The molecule has 2 aliphatic heterocycles. The Hall–Kier alpha value is -1.16. The van der Waals surface area contributed by atoms with E-state index in [0.29, 0.717) is 0 Å². The van der Waals surface area contributed by atoms with Gasteiger partial charge in [-0.25, -0.2) is 0 Å². The lowest BCUT2D eigenvalue weighted by Gasteiger charge is -2.36. The van der Waals surface area contributed by atoms with Crippen LogP contribution in [-0.2, 0) is 9.47 Å². The molecular weight excluding hydrogens is 248 g/mol. The van der Waals surface area contributed by atoms with E-state index in [9.17, 15) is 10.2 Å². The lowest BCUT2D eigenvalue weighted by atomic mass is 9.92. The van der Waals surface area contributed by atoms with Gasteiger partial charge >= 0.3 is 0 Å². The van der Waals surface area contributed by atoms with Gasteiger partial charge in [0.2, 0.25) is 5.79 Å². The summed E-state index contributed by atoms with van der Waals surface area (Å²) >= 11 is 0. The maximum atomic E-state index is 10.1. The van der Waals surface area contributed by atoms with Crippen LogP contribution in [0.2, 0.25) is 0 Å². The first kappa shape index (κ1) is 14.3. The summed E-state index contributed by atoms with van der Waals surface area (Å²) < 4.78 is 11.1. The number of terminal acetylenes is 1. The molecule has 0 aliphatic carbocycles. The molecule has 0 aromatic rings.